The van der Waals surface area contributed by atoms with E-state index < -0.39 is 0 Å². The van der Waals surface area contributed by atoms with Crippen LogP contribution in [0.5, 0.6) is 0 Å². The van der Waals surface area contributed by atoms with E-state index in [1.807, 2.05) is 19.9 Å². The summed E-state index contributed by atoms with van der Waals surface area (Å²) >= 11 is 1.57. The van der Waals surface area contributed by atoms with Crippen molar-refractivity contribution in [1.82, 2.24) is 20.0 Å². The first-order valence-corrected chi connectivity index (χ1v) is 14.1. The molecule has 8 nitrogen and oxygen atoms in total. The highest BCUT2D eigenvalue weighted by Gasteiger charge is 2.32. The highest BCUT2D eigenvalue weighted by molar-refractivity contribution is 7.20. The molecular formula is C26H38N4O4S. The molecule has 0 atom stereocenters. The Labute approximate surface area is 211 Å². The summed E-state index contributed by atoms with van der Waals surface area (Å²) in [5, 5.41) is 9.18. The number of hydrogen-bond acceptors (Lipinski definition) is 7. The second kappa shape index (κ2) is 11.0. The summed E-state index contributed by atoms with van der Waals surface area (Å²) in [5.74, 6) is 0.0728. The molecule has 192 valence electrons. The zero-order valence-corrected chi connectivity index (χ0v) is 21.8. The number of hydrogen-bond donors (Lipinski definition) is 1. The molecule has 2 aromatic rings. The molecule has 5 rings (SSSR count). The Morgan fingerprint density at radius 2 is 1.80 bits per heavy atom. The molecule has 2 saturated heterocycles. The lowest BCUT2D eigenvalue weighted by atomic mass is 9.87. The number of fused-ring (bicyclic) bond motifs is 1. The second-order valence-electron chi connectivity index (χ2n) is 10.2. The minimum atomic E-state index is -0.0320. The lowest BCUT2D eigenvalue weighted by Crippen LogP contribution is -2.47. The minimum Gasteiger partial charge on any atom is -0.466 e. The fourth-order valence-corrected chi connectivity index (χ4v) is 7.10. The number of likely N-dealkylation sites (tertiary alicyclic amines) is 1. The number of rotatable bonds is 6. The number of piperidine rings is 1. The van der Waals surface area contributed by atoms with Gasteiger partial charge in [-0.25, -0.2) is 0 Å². The van der Waals surface area contributed by atoms with Crippen LogP contribution in [-0.2, 0) is 14.3 Å². The van der Waals surface area contributed by atoms with Crippen molar-refractivity contribution in [1.29, 1.82) is 0 Å². The van der Waals surface area contributed by atoms with Gasteiger partial charge in [-0.2, -0.15) is 5.10 Å². The Morgan fingerprint density at radius 3 is 2.49 bits per heavy atom. The molecule has 0 unspecified atom stereocenters. The van der Waals surface area contributed by atoms with Gasteiger partial charge in [0.05, 0.1) is 29.1 Å². The van der Waals surface area contributed by atoms with Crippen LogP contribution in [0, 0.1) is 12.8 Å². The van der Waals surface area contributed by atoms with E-state index in [0.717, 1.165) is 98.5 Å². The van der Waals surface area contributed by atoms with E-state index in [2.05, 4.69) is 14.9 Å². The number of ether oxygens (including phenoxy) is 2. The smallest absolute Gasteiger partial charge is 0.309 e. The first-order chi connectivity index (χ1) is 17.0. The van der Waals surface area contributed by atoms with Gasteiger partial charge in [0.25, 0.3) is 5.91 Å². The van der Waals surface area contributed by atoms with E-state index in [1.54, 1.807) is 11.3 Å². The molecule has 0 spiro atoms. The number of carbonyl (C=O) groups excluding carboxylic acids is 2. The standard InChI is InChI=1S/C26H38N4O4S/c1-3-34-26(32)18-8-12-29(13-9-18)20-6-4-19(5-7-20)27-24(31)23-16-22-17(2)28-30(25(22)35-23)21-10-14-33-15-11-21/h16,18-21H,3-15H2,1-2H3,(H,27,31)/t19-,20+. The molecule has 2 aromatic heterocycles. The van der Waals surface area contributed by atoms with Crippen LogP contribution >= 0.6 is 11.3 Å². The van der Waals surface area contributed by atoms with E-state index in [0.29, 0.717) is 18.7 Å². The molecular weight excluding hydrogens is 464 g/mol. The van der Waals surface area contributed by atoms with Crippen molar-refractivity contribution >= 4 is 33.4 Å². The number of aromatic nitrogens is 2. The number of nitrogens with one attached hydrogen (secondary N) is 1. The van der Waals surface area contributed by atoms with Gasteiger partial charge in [0.15, 0.2) is 0 Å². The summed E-state index contributed by atoms with van der Waals surface area (Å²) in [7, 11) is 0. The fourth-order valence-electron chi connectivity index (χ4n) is 5.96. The minimum absolute atomic E-state index is 0.0320. The Kier molecular flexibility index (Phi) is 7.74. The van der Waals surface area contributed by atoms with Crippen LogP contribution < -0.4 is 5.32 Å². The number of thiophene rings is 1. The number of carbonyl (C=O) groups is 2. The summed E-state index contributed by atoms with van der Waals surface area (Å²) in [4.78, 5) is 29.6. The number of nitrogens with zero attached hydrogens (tertiary/aromatic N) is 3. The van der Waals surface area contributed by atoms with E-state index in [4.69, 9.17) is 14.6 Å². The van der Waals surface area contributed by atoms with Gasteiger partial charge in [-0.05, 0) is 84.4 Å². The van der Waals surface area contributed by atoms with Gasteiger partial charge < -0.3 is 19.7 Å². The maximum Gasteiger partial charge on any atom is 0.309 e. The van der Waals surface area contributed by atoms with Crippen LogP contribution in [0.4, 0.5) is 0 Å². The SMILES string of the molecule is CCOC(=O)C1CCN([C@H]2CC[C@@H](NC(=O)c3cc4c(C)nn(C5CCOCC5)c4s3)CC2)CC1. The van der Waals surface area contributed by atoms with Gasteiger partial charge in [0, 0.05) is 30.7 Å². The van der Waals surface area contributed by atoms with Gasteiger partial charge in [-0.3, -0.25) is 14.3 Å². The zero-order chi connectivity index (χ0) is 24.4. The third-order valence-electron chi connectivity index (χ3n) is 8.03. The maximum absolute atomic E-state index is 13.1. The average Bonchev–Trinajstić information content (AvgIpc) is 3.46. The zero-order valence-electron chi connectivity index (χ0n) is 21.0. The molecule has 1 saturated carbocycles. The summed E-state index contributed by atoms with van der Waals surface area (Å²) in [5.41, 5.74) is 0.994. The molecule has 4 heterocycles. The first kappa shape index (κ1) is 24.7. The third kappa shape index (κ3) is 5.42. The van der Waals surface area contributed by atoms with Gasteiger partial charge in [0.2, 0.25) is 0 Å². The van der Waals surface area contributed by atoms with Crippen LogP contribution in [0.15, 0.2) is 6.07 Å². The number of amides is 1. The van der Waals surface area contributed by atoms with Gasteiger partial charge in [0.1, 0.15) is 4.83 Å². The second-order valence-corrected chi connectivity index (χ2v) is 11.3. The lowest BCUT2D eigenvalue weighted by molar-refractivity contribution is -0.149. The average molecular weight is 503 g/mol. The lowest BCUT2D eigenvalue weighted by Gasteiger charge is -2.40. The molecule has 0 radical (unpaired) electrons. The van der Waals surface area contributed by atoms with E-state index >= 15 is 0 Å². The first-order valence-electron chi connectivity index (χ1n) is 13.3. The molecule has 2 aliphatic heterocycles. The van der Waals surface area contributed by atoms with Crippen molar-refractivity contribution < 1.29 is 19.1 Å². The molecule has 35 heavy (non-hydrogen) atoms. The Morgan fingerprint density at radius 1 is 1.09 bits per heavy atom. The van der Waals surface area contributed by atoms with Crippen LogP contribution in [0.25, 0.3) is 10.2 Å². The van der Waals surface area contributed by atoms with E-state index in [9.17, 15) is 9.59 Å². The Bertz CT molecular complexity index is 1030. The monoisotopic (exact) mass is 502 g/mol. The molecule has 3 aliphatic rings. The van der Waals surface area contributed by atoms with E-state index in [-0.39, 0.29) is 23.8 Å². The highest BCUT2D eigenvalue weighted by Crippen LogP contribution is 2.34. The summed E-state index contributed by atoms with van der Waals surface area (Å²) < 4.78 is 12.8. The van der Waals surface area contributed by atoms with E-state index in [1.165, 1.54) is 0 Å². The van der Waals surface area contributed by atoms with Crippen molar-refractivity contribution in [2.45, 2.75) is 83.3 Å². The molecule has 0 bridgehead atoms. The normalized spacial score (nSPS) is 25.1. The molecule has 1 N–H and O–H groups in total. The van der Waals surface area contributed by atoms with Crippen LogP contribution in [0.3, 0.4) is 0 Å². The topological polar surface area (TPSA) is 85.7 Å². The van der Waals surface area contributed by atoms with Crippen molar-refractivity contribution in [2.24, 2.45) is 5.92 Å². The number of aryl methyl sites for hydroxylation is 1. The maximum atomic E-state index is 13.1. The van der Waals surface area contributed by atoms with Crippen LogP contribution in [-0.4, -0.2) is 71.6 Å². The highest BCUT2D eigenvalue weighted by atomic mass is 32.1. The fraction of sp³-hybridized carbons (Fsp3) is 0.731. The Hall–Kier alpha value is -1.97. The summed E-state index contributed by atoms with van der Waals surface area (Å²) in [6.07, 6.45) is 7.94. The molecule has 1 amide bonds. The quantitative estimate of drug-likeness (QED) is 0.600. The third-order valence-corrected chi connectivity index (χ3v) is 9.15. The largest absolute Gasteiger partial charge is 0.466 e. The van der Waals surface area contributed by atoms with Crippen molar-refractivity contribution in [3.63, 3.8) is 0 Å². The van der Waals surface area contributed by atoms with Gasteiger partial charge in [-0.15, -0.1) is 11.3 Å². The predicted molar refractivity (Wildman–Crippen MR) is 136 cm³/mol. The molecule has 0 aromatic carbocycles. The number of esters is 1. The predicted octanol–water partition coefficient (Wildman–Crippen LogP) is 4.07. The molecule has 3 fully saturated rings. The van der Waals surface area contributed by atoms with Crippen LogP contribution in [0.2, 0.25) is 0 Å². The van der Waals surface area contributed by atoms with Gasteiger partial charge >= 0.3 is 5.97 Å². The molecule has 1 aliphatic carbocycles. The molecule has 9 heteroatoms. The van der Waals surface area contributed by atoms with Crippen molar-refractivity contribution in [3.8, 4) is 0 Å². The van der Waals surface area contributed by atoms with Crippen LogP contribution in [0.1, 0.15) is 79.7 Å². The van der Waals surface area contributed by atoms with Crippen molar-refractivity contribution in [2.75, 3.05) is 32.9 Å². The summed E-state index contributed by atoms with van der Waals surface area (Å²) in [6, 6.07) is 3.16. The van der Waals surface area contributed by atoms with Gasteiger partial charge in [-0.1, -0.05) is 0 Å². The Balaban J connectivity index is 1.13. The van der Waals surface area contributed by atoms with Crippen molar-refractivity contribution in [3.05, 3.63) is 16.6 Å². The summed E-state index contributed by atoms with van der Waals surface area (Å²) in [6.45, 7) is 7.85.